The third kappa shape index (κ3) is 7.82. The van der Waals surface area contributed by atoms with Gasteiger partial charge in [-0.1, -0.05) is 6.07 Å². The van der Waals surface area contributed by atoms with E-state index in [4.69, 9.17) is 26.3 Å². The summed E-state index contributed by atoms with van der Waals surface area (Å²) in [6, 6.07) is 5.75. The number of nitrogens with two attached hydrogens (primary N) is 1. The van der Waals surface area contributed by atoms with Crippen LogP contribution in [0.15, 0.2) is 35.9 Å². The van der Waals surface area contributed by atoms with Gasteiger partial charge in [-0.05, 0) is 49.2 Å². The van der Waals surface area contributed by atoms with Crippen molar-refractivity contribution in [2.24, 2.45) is 5.73 Å². The lowest BCUT2D eigenvalue weighted by Gasteiger charge is -2.17. The number of carboxylic acid groups (broad SMARTS) is 1. The van der Waals surface area contributed by atoms with Crippen molar-refractivity contribution >= 4 is 23.6 Å². The maximum absolute atomic E-state index is 12.1. The molecule has 2 aromatic rings. The van der Waals surface area contributed by atoms with Crippen LogP contribution >= 0.6 is 0 Å². The summed E-state index contributed by atoms with van der Waals surface area (Å²) in [5.74, 6) is -4.22. The van der Waals surface area contributed by atoms with Crippen LogP contribution in [0.1, 0.15) is 31.1 Å². The zero-order valence-electron chi connectivity index (χ0n) is 19.8. The highest BCUT2D eigenvalue weighted by Crippen LogP contribution is 2.36. The molecule has 0 spiro atoms. The van der Waals surface area contributed by atoms with Crippen molar-refractivity contribution in [3.05, 3.63) is 57.1 Å². The normalized spacial score (nSPS) is 12.4. The number of aliphatic carboxylic acids is 1. The van der Waals surface area contributed by atoms with Crippen LogP contribution in [0.25, 0.3) is 6.08 Å². The van der Waals surface area contributed by atoms with Crippen molar-refractivity contribution in [1.82, 2.24) is 4.90 Å². The maximum atomic E-state index is 12.1. The number of likely N-dealkylation sites (N-methyl/N-ethyl adjacent to an activating group) is 1. The molecule has 2 atom stereocenters. The van der Waals surface area contributed by atoms with Crippen LogP contribution < -0.4 is 5.73 Å². The molecule has 0 aliphatic rings. The number of phenols is 4. The summed E-state index contributed by atoms with van der Waals surface area (Å²) < 4.78 is 0. The second kappa shape index (κ2) is 13.3. The highest BCUT2D eigenvalue weighted by atomic mass is 16.6. The van der Waals surface area contributed by atoms with Crippen LogP contribution in [0.4, 0.5) is 5.69 Å². The molecule has 37 heavy (non-hydrogen) atoms. The topological polar surface area (TPSA) is 252 Å². The highest BCUT2D eigenvalue weighted by Gasteiger charge is 2.24. The number of benzene rings is 2. The molecule has 0 radical (unpaired) electrons. The summed E-state index contributed by atoms with van der Waals surface area (Å²) >= 11 is 0. The number of hydrogen-bond acceptors (Lipinski definition) is 11. The number of nitrogens with zero attached hydrogens (tertiary/aromatic N) is 3. The van der Waals surface area contributed by atoms with Crippen molar-refractivity contribution in [3.63, 3.8) is 0 Å². The summed E-state index contributed by atoms with van der Waals surface area (Å²) in [5.41, 5.74) is 4.45. The summed E-state index contributed by atoms with van der Waals surface area (Å²) in [4.78, 5) is 33.9. The highest BCUT2D eigenvalue weighted by molar-refractivity contribution is 6.01. The van der Waals surface area contributed by atoms with E-state index >= 15 is 0 Å². The number of carboxylic acids is 1. The molecule has 0 bridgehead atoms. The first-order valence-electron chi connectivity index (χ1n) is 10.6. The Morgan fingerprint density at radius 2 is 1.70 bits per heavy atom. The molecule has 2 aromatic carbocycles. The molecule has 0 aliphatic heterocycles. The van der Waals surface area contributed by atoms with Gasteiger partial charge < -0.3 is 41.3 Å². The van der Waals surface area contributed by atoms with E-state index in [1.54, 1.807) is 19.9 Å². The molecule has 2 rings (SSSR count). The van der Waals surface area contributed by atoms with E-state index in [1.165, 1.54) is 11.0 Å². The molecule has 0 fully saturated rings. The van der Waals surface area contributed by atoms with E-state index in [9.17, 15) is 35.0 Å². The van der Waals surface area contributed by atoms with Crippen LogP contribution in [0.5, 0.6) is 23.0 Å². The number of aliphatic hydroxyl groups excluding tert-OH is 1. The molecule has 0 saturated carbocycles. The number of hydrogen-bond donors (Lipinski definition) is 7. The molecule has 0 aromatic heterocycles. The lowest BCUT2D eigenvalue weighted by molar-refractivity contribution is -0.386. The van der Waals surface area contributed by atoms with E-state index in [1.807, 2.05) is 0 Å². The van der Waals surface area contributed by atoms with Crippen LogP contribution in [0.2, 0.25) is 0 Å². The number of nitro groups is 1. The molecular weight excluding hydrogens is 492 g/mol. The minimum absolute atomic E-state index is 0.0686. The van der Waals surface area contributed by atoms with Gasteiger partial charge in [0.05, 0.1) is 4.92 Å². The zero-order valence-corrected chi connectivity index (χ0v) is 19.8. The summed E-state index contributed by atoms with van der Waals surface area (Å²) in [5, 5.41) is 74.9. The lowest BCUT2D eigenvalue weighted by Crippen LogP contribution is -2.36. The number of amides is 1. The fourth-order valence-corrected chi connectivity index (χ4v) is 2.90. The van der Waals surface area contributed by atoms with Crippen molar-refractivity contribution in [2.75, 3.05) is 13.1 Å². The number of carbonyl (C=O) groups excluding carboxylic acids is 1. The Bertz CT molecular complexity index is 1230. The second-order valence-electron chi connectivity index (χ2n) is 7.37. The predicted molar refractivity (Wildman–Crippen MR) is 128 cm³/mol. The second-order valence-corrected chi connectivity index (χ2v) is 7.37. The Morgan fingerprint density at radius 1 is 1.11 bits per heavy atom. The monoisotopic (exact) mass is 518 g/mol. The number of aromatic hydroxyl groups is 4. The maximum Gasteiger partial charge on any atom is 0.323 e. The minimum Gasteiger partial charge on any atom is -0.504 e. The number of aliphatic hydroxyl groups is 1. The first kappa shape index (κ1) is 30.2. The summed E-state index contributed by atoms with van der Waals surface area (Å²) in [7, 11) is 0. The zero-order chi connectivity index (χ0) is 28.4. The lowest BCUT2D eigenvalue weighted by atomic mass is 10.0. The van der Waals surface area contributed by atoms with E-state index in [0.29, 0.717) is 13.1 Å². The average molecular weight is 518 g/mol. The van der Waals surface area contributed by atoms with E-state index in [0.717, 1.165) is 30.3 Å². The fourth-order valence-electron chi connectivity index (χ4n) is 2.90. The van der Waals surface area contributed by atoms with Gasteiger partial charge in [-0.2, -0.15) is 5.26 Å². The van der Waals surface area contributed by atoms with Crippen LogP contribution in [-0.4, -0.2) is 71.5 Å². The molecule has 0 saturated heterocycles. The minimum atomic E-state index is -1.48. The smallest absolute Gasteiger partial charge is 0.323 e. The Kier molecular flexibility index (Phi) is 10.8. The summed E-state index contributed by atoms with van der Waals surface area (Å²) in [6.45, 7) is 4.34. The average Bonchev–Trinajstić information content (AvgIpc) is 2.85. The van der Waals surface area contributed by atoms with Crippen molar-refractivity contribution in [2.45, 2.75) is 26.0 Å². The Balaban J connectivity index is 0.000000397. The van der Waals surface area contributed by atoms with Crippen LogP contribution in [-0.2, 0) is 9.59 Å². The molecular formula is C23H26N4O10. The van der Waals surface area contributed by atoms with Gasteiger partial charge in [-0.15, -0.1) is 0 Å². The van der Waals surface area contributed by atoms with Gasteiger partial charge in [-0.25, -0.2) is 0 Å². The first-order valence-corrected chi connectivity index (χ1v) is 10.6. The fraction of sp³-hybridized carbons (Fsp3) is 0.261. The quantitative estimate of drug-likeness (QED) is 0.0859. The number of nitro benzene ring substituents is 1. The van der Waals surface area contributed by atoms with Crippen LogP contribution in [0.3, 0.4) is 0 Å². The van der Waals surface area contributed by atoms with Gasteiger partial charge in [0, 0.05) is 19.2 Å². The van der Waals surface area contributed by atoms with E-state index < -0.39 is 51.9 Å². The number of nitriles is 1. The predicted octanol–water partition coefficient (Wildman–Crippen LogP) is 1.32. The molecule has 8 N–H and O–H groups in total. The number of phenolic OH excluding ortho intramolecular Hbond substituents is 4. The Hall–Kier alpha value is -4.87. The molecule has 14 heteroatoms. The molecule has 198 valence electrons. The first-order chi connectivity index (χ1) is 17.3. The largest absolute Gasteiger partial charge is 0.504 e. The SMILES string of the molecule is CCN(CC)C(=O)/C(C#N)=C/c1cc(O)c(O)c([N+](=O)[O-])c1.N[C@H](C(=O)O)[C@H](O)c1ccc(O)c(O)c1. The number of carbonyl (C=O) groups is 2. The van der Waals surface area contributed by atoms with E-state index in [2.05, 4.69) is 0 Å². The number of rotatable bonds is 8. The van der Waals surface area contributed by atoms with Gasteiger partial charge in [0.15, 0.2) is 17.2 Å². The Morgan fingerprint density at radius 3 is 2.16 bits per heavy atom. The molecule has 0 aliphatic carbocycles. The van der Waals surface area contributed by atoms with Gasteiger partial charge in [-0.3, -0.25) is 19.7 Å². The van der Waals surface area contributed by atoms with Gasteiger partial charge >= 0.3 is 11.7 Å². The summed E-state index contributed by atoms with van der Waals surface area (Å²) in [6.07, 6.45) is -0.304. The third-order valence-corrected chi connectivity index (χ3v) is 4.97. The van der Waals surface area contributed by atoms with Gasteiger partial charge in [0.25, 0.3) is 5.91 Å². The van der Waals surface area contributed by atoms with Gasteiger partial charge in [0.1, 0.15) is 23.8 Å². The molecule has 1 amide bonds. The van der Waals surface area contributed by atoms with Crippen LogP contribution in [0, 0.1) is 21.4 Å². The van der Waals surface area contributed by atoms with Gasteiger partial charge in [0.2, 0.25) is 5.75 Å². The molecule has 14 nitrogen and oxygen atoms in total. The van der Waals surface area contributed by atoms with Crippen molar-refractivity contribution in [3.8, 4) is 29.1 Å². The Labute approximate surface area is 210 Å². The van der Waals surface area contributed by atoms with Crippen molar-refractivity contribution < 1.29 is 45.2 Å². The third-order valence-electron chi connectivity index (χ3n) is 4.97. The molecule has 0 unspecified atom stereocenters. The molecule has 0 heterocycles. The standard InChI is InChI=1S/C14H15N3O5.C9H11NO5/c1-3-16(4-2)14(20)10(8-15)5-9-6-11(17(21)22)13(19)12(18)7-9;10-7(9(14)15)8(13)4-1-2-5(11)6(12)3-4/h5-7,18-19H,3-4H2,1-2H3;1-3,7-8,11-13H,10H2,(H,14,15)/b10-5+;/t;7-,8+/m.0/s1. The van der Waals surface area contributed by atoms with E-state index in [-0.39, 0.29) is 22.4 Å². The van der Waals surface area contributed by atoms with Crippen molar-refractivity contribution in [1.29, 1.82) is 5.26 Å².